The van der Waals surface area contributed by atoms with Crippen LogP contribution in [0.2, 0.25) is 0 Å². The van der Waals surface area contributed by atoms with E-state index in [9.17, 15) is 0 Å². The second-order valence-electron chi connectivity index (χ2n) is 6.40. The molecule has 2 fully saturated rings. The van der Waals surface area contributed by atoms with E-state index in [0.717, 1.165) is 24.8 Å². The molecule has 3 rings (SSSR count). The summed E-state index contributed by atoms with van der Waals surface area (Å²) in [7, 11) is 1.70. The molecule has 1 heterocycles. The van der Waals surface area contributed by atoms with Crippen molar-refractivity contribution in [3.8, 4) is 5.75 Å². The summed E-state index contributed by atoms with van der Waals surface area (Å²) in [5.74, 6) is 1.68. The van der Waals surface area contributed by atoms with Crippen LogP contribution in [-0.4, -0.2) is 25.8 Å². The van der Waals surface area contributed by atoms with Crippen LogP contribution < -0.4 is 10.1 Å². The third-order valence-electron chi connectivity index (χ3n) is 4.71. The molecule has 0 amide bonds. The van der Waals surface area contributed by atoms with Crippen LogP contribution in [0.1, 0.15) is 44.3 Å². The van der Waals surface area contributed by atoms with E-state index < -0.39 is 0 Å². The summed E-state index contributed by atoms with van der Waals surface area (Å²) >= 11 is 0. The average molecular weight is 275 g/mol. The molecular weight excluding hydrogens is 250 g/mol. The minimum absolute atomic E-state index is 0.0561. The van der Waals surface area contributed by atoms with Crippen molar-refractivity contribution in [3.63, 3.8) is 0 Å². The van der Waals surface area contributed by atoms with E-state index in [0.29, 0.717) is 0 Å². The molecule has 1 aliphatic carbocycles. The summed E-state index contributed by atoms with van der Waals surface area (Å²) in [5, 5.41) is 3.59. The minimum atomic E-state index is 0.0561. The molecule has 1 aliphatic heterocycles. The lowest BCUT2D eigenvalue weighted by molar-refractivity contribution is -0.143. The van der Waals surface area contributed by atoms with Crippen LogP contribution in [0.25, 0.3) is 0 Å². The monoisotopic (exact) mass is 275 g/mol. The quantitative estimate of drug-likeness (QED) is 0.898. The van der Waals surface area contributed by atoms with Crippen molar-refractivity contribution in [2.75, 3.05) is 20.2 Å². The molecule has 3 heteroatoms. The fourth-order valence-electron chi connectivity index (χ4n) is 3.70. The summed E-state index contributed by atoms with van der Waals surface area (Å²) in [6.07, 6.45) is 5.18. The Hall–Kier alpha value is -1.06. The highest BCUT2D eigenvalue weighted by Gasteiger charge is 2.40. The van der Waals surface area contributed by atoms with Gasteiger partial charge in [-0.3, -0.25) is 0 Å². The Balaban J connectivity index is 1.73. The van der Waals surface area contributed by atoms with Gasteiger partial charge in [0.15, 0.2) is 0 Å². The van der Waals surface area contributed by atoms with Crippen molar-refractivity contribution in [2.24, 2.45) is 5.92 Å². The van der Waals surface area contributed by atoms with Crippen LogP contribution in [0.15, 0.2) is 24.3 Å². The molecule has 1 N–H and O–H groups in total. The zero-order valence-electron chi connectivity index (χ0n) is 12.5. The van der Waals surface area contributed by atoms with Crippen LogP contribution in [0, 0.1) is 5.92 Å². The Morgan fingerprint density at radius 1 is 1.30 bits per heavy atom. The average Bonchev–Trinajstić information content (AvgIpc) is 2.47. The Labute approximate surface area is 121 Å². The molecule has 0 aromatic heterocycles. The molecule has 110 valence electrons. The molecule has 0 radical (unpaired) electrons. The lowest BCUT2D eigenvalue weighted by atomic mass is 9.77. The fourth-order valence-corrected chi connectivity index (χ4v) is 3.70. The van der Waals surface area contributed by atoms with Gasteiger partial charge in [-0.25, -0.2) is 0 Å². The van der Waals surface area contributed by atoms with Crippen molar-refractivity contribution in [2.45, 2.75) is 44.3 Å². The third-order valence-corrected chi connectivity index (χ3v) is 4.71. The molecule has 1 spiro atoms. The second kappa shape index (κ2) is 5.74. The molecule has 1 saturated carbocycles. The van der Waals surface area contributed by atoms with Crippen molar-refractivity contribution in [1.82, 2.24) is 5.32 Å². The van der Waals surface area contributed by atoms with Crippen LogP contribution in [0.3, 0.4) is 0 Å². The maximum atomic E-state index is 6.54. The van der Waals surface area contributed by atoms with Crippen LogP contribution in [0.4, 0.5) is 0 Å². The van der Waals surface area contributed by atoms with Crippen LogP contribution in [-0.2, 0) is 4.74 Å². The van der Waals surface area contributed by atoms with Gasteiger partial charge in [0.1, 0.15) is 5.75 Å². The minimum Gasteiger partial charge on any atom is -0.497 e. The normalized spacial score (nSPS) is 34.1. The number of hydrogen-bond acceptors (Lipinski definition) is 3. The van der Waals surface area contributed by atoms with Gasteiger partial charge in [0.25, 0.3) is 0 Å². The Morgan fingerprint density at radius 2 is 2.10 bits per heavy atom. The Kier molecular flexibility index (Phi) is 3.99. The van der Waals surface area contributed by atoms with Crippen molar-refractivity contribution in [3.05, 3.63) is 29.8 Å². The third kappa shape index (κ3) is 2.84. The number of rotatable bonds is 2. The van der Waals surface area contributed by atoms with Crippen molar-refractivity contribution in [1.29, 1.82) is 0 Å². The fraction of sp³-hybridized carbons (Fsp3) is 0.647. The van der Waals surface area contributed by atoms with E-state index in [4.69, 9.17) is 9.47 Å². The van der Waals surface area contributed by atoms with Gasteiger partial charge < -0.3 is 14.8 Å². The van der Waals surface area contributed by atoms with Gasteiger partial charge in [-0.2, -0.15) is 0 Å². The van der Waals surface area contributed by atoms with Gasteiger partial charge in [0.2, 0.25) is 0 Å². The molecule has 1 aromatic rings. The highest BCUT2D eigenvalue weighted by Crippen LogP contribution is 2.40. The topological polar surface area (TPSA) is 30.5 Å². The van der Waals surface area contributed by atoms with E-state index in [-0.39, 0.29) is 11.7 Å². The van der Waals surface area contributed by atoms with Gasteiger partial charge in [-0.15, -0.1) is 0 Å². The Bertz CT molecular complexity index is 441. The summed E-state index contributed by atoms with van der Waals surface area (Å²) in [6.45, 7) is 4.26. The van der Waals surface area contributed by atoms with Crippen molar-refractivity contribution < 1.29 is 9.47 Å². The first-order valence-corrected chi connectivity index (χ1v) is 7.73. The van der Waals surface area contributed by atoms with E-state index in [1.807, 2.05) is 12.1 Å². The van der Waals surface area contributed by atoms with Gasteiger partial charge in [-0.05, 0) is 36.5 Å². The number of hydrogen-bond donors (Lipinski definition) is 1. The highest BCUT2D eigenvalue weighted by molar-refractivity contribution is 5.29. The predicted octanol–water partition coefficient (Wildman–Crippen LogP) is 3.31. The molecule has 3 unspecified atom stereocenters. The highest BCUT2D eigenvalue weighted by atomic mass is 16.5. The summed E-state index contributed by atoms with van der Waals surface area (Å²) in [4.78, 5) is 0. The number of methoxy groups -OCH3 is 1. The molecule has 3 atom stereocenters. The van der Waals surface area contributed by atoms with E-state index in [1.165, 1.54) is 31.2 Å². The number of benzene rings is 1. The summed E-state index contributed by atoms with van der Waals surface area (Å²) < 4.78 is 11.8. The van der Waals surface area contributed by atoms with E-state index in [1.54, 1.807) is 7.11 Å². The summed E-state index contributed by atoms with van der Waals surface area (Å²) in [5.41, 5.74) is 1.30. The predicted molar refractivity (Wildman–Crippen MR) is 80.1 cm³/mol. The van der Waals surface area contributed by atoms with E-state index in [2.05, 4.69) is 24.4 Å². The van der Waals surface area contributed by atoms with Crippen LogP contribution >= 0.6 is 0 Å². The molecule has 0 bridgehead atoms. The largest absolute Gasteiger partial charge is 0.497 e. The Morgan fingerprint density at radius 3 is 2.80 bits per heavy atom. The van der Waals surface area contributed by atoms with Gasteiger partial charge >= 0.3 is 0 Å². The standard InChI is InChI=1S/C17H25NO2/c1-13-4-3-9-17(10-13)12-18-11-16(20-17)14-5-7-15(19-2)8-6-14/h5-8,13,16,18H,3-4,9-12H2,1-2H3. The van der Waals surface area contributed by atoms with Gasteiger partial charge in [0, 0.05) is 13.1 Å². The maximum Gasteiger partial charge on any atom is 0.118 e. The number of morpholine rings is 1. The lowest BCUT2D eigenvalue weighted by Crippen LogP contribution is -2.52. The SMILES string of the molecule is COc1ccc(C2CNCC3(CCCC(C)C3)O2)cc1. The molecule has 2 aliphatic rings. The molecule has 1 saturated heterocycles. The molecule has 1 aromatic carbocycles. The molecular formula is C17H25NO2. The van der Waals surface area contributed by atoms with Crippen LogP contribution in [0.5, 0.6) is 5.75 Å². The maximum absolute atomic E-state index is 6.54. The first kappa shape index (κ1) is 13.9. The van der Waals surface area contributed by atoms with E-state index >= 15 is 0 Å². The zero-order chi connectivity index (χ0) is 14.0. The first-order chi connectivity index (χ1) is 9.71. The summed E-state index contributed by atoms with van der Waals surface area (Å²) in [6, 6.07) is 8.28. The van der Waals surface area contributed by atoms with Gasteiger partial charge in [0.05, 0.1) is 18.8 Å². The zero-order valence-corrected chi connectivity index (χ0v) is 12.5. The first-order valence-electron chi connectivity index (χ1n) is 7.73. The van der Waals surface area contributed by atoms with Gasteiger partial charge in [-0.1, -0.05) is 31.9 Å². The molecule has 20 heavy (non-hydrogen) atoms. The van der Waals surface area contributed by atoms with Crippen molar-refractivity contribution >= 4 is 0 Å². The number of nitrogens with one attached hydrogen (secondary N) is 1. The lowest BCUT2D eigenvalue weighted by Gasteiger charge is -2.46. The second-order valence-corrected chi connectivity index (χ2v) is 6.40. The molecule has 3 nitrogen and oxygen atoms in total. The smallest absolute Gasteiger partial charge is 0.118 e. The number of ether oxygens (including phenoxy) is 2.